The minimum atomic E-state index is -4.30. The fourth-order valence-electron chi connectivity index (χ4n) is 6.81. The van der Waals surface area contributed by atoms with Gasteiger partial charge in [-0.15, -0.1) is 0 Å². The number of rotatable bonds is 42. The maximum Gasteiger partial charge on any atom is 0.472 e. The molecule has 0 bridgehead atoms. The number of quaternary nitrogens is 1. The minimum absolute atomic E-state index is 0.0762. The molecule has 1 amide bonds. The van der Waals surface area contributed by atoms with E-state index in [-0.39, 0.29) is 19.1 Å². The van der Waals surface area contributed by atoms with E-state index in [1.165, 1.54) is 154 Å². The first-order chi connectivity index (χ1) is 26.0. The number of phosphoric ester groups is 1. The fraction of sp³-hybridized carbons (Fsp3) is 0.933. The van der Waals surface area contributed by atoms with Crippen LogP contribution in [0.25, 0.3) is 0 Å². The van der Waals surface area contributed by atoms with Crippen molar-refractivity contribution >= 4 is 13.7 Å². The molecule has 0 heterocycles. The number of unbranched alkanes of at least 4 members (excludes halogenated alkanes) is 27. The van der Waals surface area contributed by atoms with Crippen molar-refractivity contribution < 1.29 is 32.9 Å². The van der Waals surface area contributed by atoms with Gasteiger partial charge in [-0.05, 0) is 38.5 Å². The molecule has 0 saturated heterocycles. The summed E-state index contributed by atoms with van der Waals surface area (Å²) in [6, 6.07) is -0.755. The van der Waals surface area contributed by atoms with Crippen LogP contribution in [0, 0.1) is 0 Å². The van der Waals surface area contributed by atoms with Gasteiger partial charge >= 0.3 is 7.82 Å². The largest absolute Gasteiger partial charge is 0.472 e. The first-order valence-corrected chi connectivity index (χ1v) is 24.5. The molecule has 0 aliphatic heterocycles. The Labute approximate surface area is 335 Å². The standard InChI is InChI=1S/C45H91N2O6P/c1-6-8-10-12-14-16-17-18-19-20-21-22-23-24-25-26-27-28-29-31-33-35-37-39-45(49)46-43(42-53-54(50,51)52-41-40-47(3,4)5)44(48)38-36-34-32-30-15-13-11-9-7-2/h20-21,43-44,48H,6-19,22-42H2,1-5H3,(H-,46,49,50,51)/p+1/b21-20-. The highest BCUT2D eigenvalue weighted by Gasteiger charge is 2.28. The molecule has 3 unspecified atom stereocenters. The van der Waals surface area contributed by atoms with Gasteiger partial charge in [0.25, 0.3) is 0 Å². The van der Waals surface area contributed by atoms with Crippen molar-refractivity contribution in [3.63, 3.8) is 0 Å². The second-order valence-corrected chi connectivity index (χ2v) is 18.6. The molecule has 0 aliphatic carbocycles. The zero-order valence-electron chi connectivity index (χ0n) is 36.5. The van der Waals surface area contributed by atoms with E-state index in [1.54, 1.807) is 0 Å². The van der Waals surface area contributed by atoms with Gasteiger partial charge in [0.2, 0.25) is 5.91 Å². The average molecular weight is 788 g/mol. The third-order valence-electron chi connectivity index (χ3n) is 10.5. The molecule has 0 fully saturated rings. The van der Waals surface area contributed by atoms with Crippen LogP contribution in [0.2, 0.25) is 0 Å². The molecule has 54 heavy (non-hydrogen) atoms. The van der Waals surface area contributed by atoms with Crippen molar-refractivity contribution in [1.29, 1.82) is 0 Å². The second kappa shape index (κ2) is 37.8. The number of phosphoric acid groups is 1. The van der Waals surface area contributed by atoms with Gasteiger partial charge in [0.15, 0.2) is 0 Å². The first kappa shape index (κ1) is 53.2. The molecule has 322 valence electrons. The van der Waals surface area contributed by atoms with Crippen LogP contribution in [0.1, 0.15) is 219 Å². The zero-order valence-corrected chi connectivity index (χ0v) is 37.4. The third-order valence-corrected chi connectivity index (χ3v) is 11.5. The van der Waals surface area contributed by atoms with Crippen molar-refractivity contribution in [3.8, 4) is 0 Å². The molecule has 0 aromatic carbocycles. The Bertz CT molecular complexity index is 896. The van der Waals surface area contributed by atoms with Crippen LogP contribution in [-0.4, -0.2) is 73.4 Å². The second-order valence-electron chi connectivity index (χ2n) is 17.1. The maximum absolute atomic E-state index is 12.9. The quantitative estimate of drug-likeness (QED) is 0.0246. The Hall–Kier alpha value is -0.760. The normalized spacial score (nSPS) is 14.4. The molecule has 0 radical (unpaired) electrons. The number of aliphatic hydroxyl groups is 1. The highest BCUT2D eigenvalue weighted by atomic mass is 31.2. The summed E-state index contributed by atoms with van der Waals surface area (Å²) in [4.78, 5) is 23.1. The summed E-state index contributed by atoms with van der Waals surface area (Å²) in [5.41, 5.74) is 0. The zero-order chi connectivity index (χ0) is 40.0. The molecule has 0 spiro atoms. The van der Waals surface area contributed by atoms with Gasteiger partial charge in [0.1, 0.15) is 13.2 Å². The van der Waals surface area contributed by atoms with E-state index < -0.39 is 20.0 Å². The number of hydrogen-bond acceptors (Lipinski definition) is 5. The smallest absolute Gasteiger partial charge is 0.391 e. The highest BCUT2D eigenvalue weighted by Crippen LogP contribution is 2.43. The predicted molar refractivity (Wildman–Crippen MR) is 231 cm³/mol. The Morgan fingerprint density at radius 1 is 0.611 bits per heavy atom. The van der Waals surface area contributed by atoms with E-state index in [0.717, 1.165) is 38.5 Å². The molecule has 0 aromatic rings. The highest BCUT2D eigenvalue weighted by molar-refractivity contribution is 7.47. The number of amides is 1. The molecule has 0 rings (SSSR count). The van der Waals surface area contributed by atoms with Crippen LogP contribution in [0.4, 0.5) is 0 Å². The fourth-order valence-corrected chi connectivity index (χ4v) is 7.54. The van der Waals surface area contributed by atoms with Crippen LogP contribution in [0.5, 0.6) is 0 Å². The van der Waals surface area contributed by atoms with Crippen LogP contribution in [-0.2, 0) is 18.4 Å². The molecule has 0 aromatic heterocycles. The van der Waals surface area contributed by atoms with Gasteiger partial charge in [0, 0.05) is 6.42 Å². The summed E-state index contributed by atoms with van der Waals surface area (Å²) in [5.74, 6) is -0.146. The molecule has 8 nitrogen and oxygen atoms in total. The maximum atomic E-state index is 12.9. The van der Waals surface area contributed by atoms with E-state index >= 15 is 0 Å². The molecular weight excluding hydrogens is 695 g/mol. The third kappa shape index (κ3) is 39.5. The van der Waals surface area contributed by atoms with Gasteiger partial charge in [-0.2, -0.15) is 0 Å². The number of hydrogen-bond donors (Lipinski definition) is 3. The molecule has 0 saturated carbocycles. The Morgan fingerprint density at radius 3 is 1.43 bits per heavy atom. The SMILES string of the molecule is CCCCCCCCCC/C=C\CCCCCCCCCCCCCC(=O)NC(COP(=O)(O)OCC[N+](C)(C)C)C(O)CCCCCCCCCCC. The Balaban J connectivity index is 4.14. The molecule has 3 N–H and O–H groups in total. The summed E-state index contributed by atoms with van der Waals surface area (Å²) in [5, 5.41) is 13.9. The molecule has 0 aliphatic rings. The summed E-state index contributed by atoms with van der Waals surface area (Å²) in [6.07, 6.45) is 42.5. The number of allylic oxidation sites excluding steroid dienone is 2. The van der Waals surface area contributed by atoms with Crippen molar-refractivity contribution in [2.24, 2.45) is 0 Å². The van der Waals surface area contributed by atoms with Crippen molar-refractivity contribution in [3.05, 3.63) is 12.2 Å². The van der Waals surface area contributed by atoms with Crippen LogP contribution < -0.4 is 5.32 Å². The summed E-state index contributed by atoms with van der Waals surface area (Å²) in [7, 11) is 1.62. The Kier molecular flexibility index (Phi) is 37.3. The van der Waals surface area contributed by atoms with Crippen LogP contribution in [0.3, 0.4) is 0 Å². The van der Waals surface area contributed by atoms with Crippen molar-refractivity contribution in [1.82, 2.24) is 5.32 Å². The number of likely N-dealkylation sites (N-methyl/N-ethyl adjacent to an activating group) is 1. The first-order valence-electron chi connectivity index (χ1n) is 23.1. The summed E-state index contributed by atoms with van der Waals surface area (Å²) in [6.45, 7) is 4.87. The van der Waals surface area contributed by atoms with E-state index in [1.807, 2.05) is 21.1 Å². The number of aliphatic hydroxyl groups excluding tert-OH is 1. The lowest BCUT2D eigenvalue weighted by atomic mass is 10.0. The summed E-state index contributed by atoms with van der Waals surface area (Å²) < 4.78 is 23.6. The number of nitrogens with one attached hydrogen (secondary N) is 1. The minimum Gasteiger partial charge on any atom is -0.391 e. The molecule has 9 heteroatoms. The lowest BCUT2D eigenvalue weighted by molar-refractivity contribution is -0.870. The molecule has 3 atom stereocenters. The van der Waals surface area contributed by atoms with Crippen molar-refractivity contribution in [2.45, 2.75) is 231 Å². The number of carbonyl (C=O) groups excluding carboxylic acids is 1. The topological polar surface area (TPSA) is 105 Å². The van der Waals surface area contributed by atoms with Gasteiger partial charge in [-0.1, -0.05) is 187 Å². The molecular formula is C45H92N2O6P+. The average Bonchev–Trinajstić information content (AvgIpc) is 3.12. The van der Waals surface area contributed by atoms with Gasteiger partial charge in [-0.3, -0.25) is 13.8 Å². The lowest BCUT2D eigenvalue weighted by Gasteiger charge is -2.26. The number of carbonyl (C=O) groups is 1. The van der Waals surface area contributed by atoms with Crippen LogP contribution in [0.15, 0.2) is 12.2 Å². The predicted octanol–water partition coefficient (Wildman–Crippen LogP) is 12.8. The van der Waals surface area contributed by atoms with Gasteiger partial charge in [0.05, 0.1) is 39.9 Å². The Morgan fingerprint density at radius 2 is 1.00 bits per heavy atom. The van der Waals surface area contributed by atoms with Gasteiger partial charge in [-0.25, -0.2) is 4.57 Å². The van der Waals surface area contributed by atoms with Crippen LogP contribution >= 0.6 is 7.82 Å². The lowest BCUT2D eigenvalue weighted by Crippen LogP contribution is -2.46. The number of nitrogens with zero attached hydrogens (tertiary/aromatic N) is 1. The monoisotopic (exact) mass is 788 g/mol. The van der Waals surface area contributed by atoms with E-state index in [9.17, 15) is 19.4 Å². The van der Waals surface area contributed by atoms with E-state index in [4.69, 9.17) is 9.05 Å². The van der Waals surface area contributed by atoms with Gasteiger partial charge < -0.3 is 19.8 Å². The van der Waals surface area contributed by atoms with Crippen molar-refractivity contribution in [2.75, 3.05) is 40.9 Å². The van der Waals surface area contributed by atoms with E-state index in [2.05, 4.69) is 31.3 Å². The summed E-state index contributed by atoms with van der Waals surface area (Å²) >= 11 is 0. The van der Waals surface area contributed by atoms with E-state index in [0.29, 0.717) is 23.9 Å².